The van der Waals surface area contributed by atoms with E-state index in [0.29, 0.717) is 23.0 Å². The van der Waals surface area contributed by atoms with Crippen molar-refractivity contribution >= 4 is 29.0 Å². The number of allylic oxidation sites excluding steroid dienone is 2. The molecule has 25 heavy (non-hydrogen) atoms. The summed E-state index contributed by atoms with van der Waals surface area (Å²) in [5, 5.41) is 13.0. The first-order chi connectivity index (χ1) is 11.7. The van der Waals surface area contributed by atoms with Gasteiger partial charge in [0.1, 0.15) is 0 Å². The van der Waals surface area contributed by atoms with E-state index in [1.54, 1.807) is 12.1 Å². The zero-order valence-corrected chi connectivity index (χ0v) is 15.9. The highest BCUT2D eigenvalue weighted by Crippen LogP contribution is 2.52. The molecule has 0 amide bonds. The Morgan fingerprint density at radius 2 is 1.92 bits per heavy atom. The van der Waals surface area contributed by atoms with E-state index in [2.05, 4.69) is 29.4 Å². The highest BCUT2D eigenvalue weighted by Gasteiger charge is 2.50. The van der Waals surface area contributed by atoms with Gasteiger partial charge in [-0.1, -0.05) is 37.0 Å². The number of azo groups is 1. The second-order valence-corrected chi connectivity index (χ2v) is 8.74. The Bertz CT molecular complexity index is 898. The number of Topliss-reactive ketones (excluding diaryl/α,β-unsaturated/α-hetero) is 1. The topological polar surface area (TPSA) is 53.8 Å². The molecule has 1 N–H and O–H groups in total. The molecular formula is C19H19Cl2N3O. The molecule has 6 heteroatoms. The Kier molecular flexibility index (Phi) is 3.64. The number of rotatable bonds is 1. The smallest absolute Gasteiger partial charge is 0.162 e. The summed E-state index contributed by atoms with van der Waals surface area (Å²) in [5.41, 5.74) is 2.76. The molecule has 0 aromatic heterocycles. The number of carbonyl (C=O) groups excluding carboxylic acids is 1. The Labute approximate surface area is 157 Å². The minimum Gasteiger partial charge on any atom is -0.342 e. The van der Waals surface area contributed by atoms with Crippen molar-refractivity contribution in [2.24, 2.45) is 15.6 Å². The highest BCUT2D eigenvalue weighted by molar-refractivity contribution is 6.33. The van der Waals surface area contributed by atoms with Gasteiger partial charge in [-0.2, -0.15) is 5.11 Å². The number of nitrogens with zero attached hydrogens (tertiary/aromatic N) is 2. The molecule has 1 unspecified atom stereocenters. The van der Waals surface area contributed by atoms with Crippen LogP contribution in [0.4, 0.5) is 0 Å². The van der Waals surface area contributed by atoms with Crippen molar-refractivity contribution in [1.29, 1.82) is 0 Å². The van der Waals surface area contributed by atoms with Crippen LogP contribution < -0.4 is 5.32 Å². The lowest BCUT2D eigenvalue weighted by atomic mass is 9.61. The molecule has 0 bridgehead atoms. The van der Waals surface area contributed by atoms with Crippen LogP contribution in [-0.2, 0) is 10.2 Å². The molecule has 0 saturated heterocycles. The first-order valence-electron chi connectivity index (χ1n) is 8.33. The summed E-state index contributed by atoms with van der Waals surface area (Å²) < 4.78 is 0. The van der Waals surface area contributed by atoms with E-state index in [-0.39, 0.29) is 11.2 Å². The van der Waals surface area contributed by atoms with Gasteiger partial charge in [0.25, 0.3) is 0 Å². The van der Waals surface area contributed by atoms with Crippen LogP contribution in [0.3, 0.4) is 0 Å². The lowest BCUT2D eigenvalue weighted by molar-refractivity contribution is -0.118. The second-order valence-electron chi connectivity index (χ2n) is 7.90. The SMILES string of the molecule is CC1(C)CC(=O)C2=C(C1)NC1=C(CN=N1)C2(C)c1cc(Cl)ccc1Cl. The Balaban J connectivity index is 1.99. The predicted molar refractivity (Wildman–Crippen MR) is 98.7 cm³/mol. The molecule has 130 valence electrons. The summed E-state index contributed by atoms with van der Waals surface area (Å²) in [5.74, 6) is 0.888. The summed E-state index contributed by atoms with van der Waals surface area (Å²) in [6.45, 7) is 6.72. The van der Waals surface area contributed by atoms with Crippen molar-refractivity contribution < 1.29 is 4.79 Å². The predicted octanol–water partition coefficient (Wildman–Crippen LogP) is 5.17. The van der Waals surface area contributed by atoms with Crippen molar-refractivity contribution in [2.45, 2.75) is 39.0 Å². The maximum absolute atomic E-state index is 13.2. The van der Waals surface area contributed by atoms with E-state index in [4.69, 9.17) is 23.2 Å². The van der Waals surface area contributed by atoms with Gasteiger partial charge < -0.3 is 5.32 Å². The van der Waals surface area contributed by atoms with Crippen LogP contribution in [0.5, 0.6) is 0 Å². The van der Waals surface area contributed by atoms with E-state index < -0.39 is 5.41 Å². The first kappa shape index (κ1) is 16.8. The average molecular weight is 376 g/mol. The van der Waals surface area contributed by atoms with Crippen molar-refractivity contribution in [3.63, 3.8) is 0 Å². The quantitative estimate of drug-likeness (QED) is 0.735. The van der Waals surface area contributed by atoms with Crippen molar-refractivity contribution in [3.8, 4) is 0 Å². The van der Waals surface area contributed by atoms with E-state index in [0.717, 1.165) is 34.6 Å². The molecule has 0 fully saturated rings. The standard InChI is InChI=1S/C19H19Cl2N3O/c1-18(2)7-14-16(15(25)8-18)19(3,12-9-22-24-17(12)23-14)11-6-10(20)4-5-13(11)21/h4-6,23H,7-9H2,1-3H3. The van der Waals surface area contributed by atoms with Crippen molar-refractivity contribution in [2.75, 3.05) is 6.54 Å². The van der Waals surface area contributed by atoms with Gasteiger partial charge >= 0.3 is 0 Å². The van der Waals surface area contributed by atoms with E-state index in [1.165, 1.54) is 0 Å². The van der Waals surface area contributed by atoms with Crippen molar-refractivity contribution in [1.82, 2.24) is 5.32 Å². The van der Waals surface area contributed by atoms with Crippen LogP contribution in [0.25, 0.3) is 0 Å². The zero-order chi connectivity index (χ0) is 18.0. The van der Waals surface area contributed by atoms with Crippen LogP contribution in [0.2, 0.25) is 10.0 Å². The second kappa shape index (κ2) is 5.42. The minimum atomic E-state index is -0.672. The number of benzene rings is 1. The summed E-state index contributed by atoms with van der Waals surface area (Å²) in [7, 11) is 0. The lowest BCUT2D eigenvalue weighted by Crippen LogP contribution is -2.45. The summed E-state index contributed by atoms with van der Waals surface area (Å²) in [6, 6.07) is 5.40. The fourth-order valence-corrected chi connectivity index (χ4v) is 4.77. The normalized spacial score (nSPS) is 27.3. The molecule has 0 radical (unpaired) electrons. The fourth-order valence-electron chi connectivity index (χ4n) is 4.29. The van der Waals surface area contributed by atoms with Gasteiger partial charge in [-0.3, -0.25) is 4.79 Å². The number of hydrogen-bond acceptors (Lipinski definition) is 4. The number of nitrogens with one attached hydrogen (secondary N) is 1. The van der Waals surface area contributed by atoms with Crippen LogP contribution in [0.15, 0.2) is 51.1 Å². The highest BCUT2D eigenvalue weighted by atomic mass is 35.5. The molecular weight excluding hydrogens is 357 g/mol. The maximum atomic E-state index is 13.2. The monoisotopic (exact) mass is 375 g/mol. The van der Waals surface area contributed by atoms with Gasteiger partial charge in [0.05, 0.1) is 12.0 Å². The summed E-state index contributed by atoms with van der Waals surface area (Å²) >= 11 is 12.8. The fraction of sp³-hybridized carbons (Fsp3) is 0.421. The molecule has 4 nitrogen and oxygen atoms in total. The maximum Gasteiger partial charge on any atom is 0.162 e. The summed E-state index contributed by atoms with van der Waals surface area (Å²) in [6.07, 6.45) is 1.30. The number of ketones is 1. The third kappa shape index (κ3) is 2.46. The molecule has 1 aromatic carbocycles. The van der Waals surface area contributed by atoms with Crippen LogP contribution in [-0.4, -0.2) is 12.3 Å². The average Bonchev–Trinajstić information content (AvgIpc) is 2.96. The first-order valence-corrected chi connectivity index (χ1v) is 9.08. The number of halogens is 2. The van der Waals surface area contributed by atoms with E-state index in [9.17, 15) is 4.79 Å². The molecule has 4 rings (SSSR count). The Morgan fingerprint density at radius 1 is 1.16 bits per heavy atom. The molecule has 0 spiro atoms. The molecule has 1 atom stereocenters. The van der Waals surface area contributed by atoms with Crippen LogP contribution in [0.1, 0.15) is 39.2 Å². The molecule has 2 heterocycles. The zero-order valence-electron chi connectivity index (χ0n) is 14.4. The van der Waals surface area contributed by atoms with E-state index in [1.807, 2.05) is 13.0 Å². The van der Waals surface area contributed by atoms with E-state index >= 15 is 0 Å². The molecule has 2 aliphatic heterocycles. The van der Waals surface area contributed by atoms with Gasteiger partial charge in [-0.15, -0.1) is 5.11 Å². The van der Waals surface area contributed by atoms with Gasteiger partial charge in [0.2, 0.25) is 0 Å². The Morgan fingerprint density at radius 3 is 2.68 bits per heavy atom. The lowest BCUT2D eigenvalue weighted by Gasteiger charge is -2.44. The van der Waals surface area contributed by atoms with Gasteiger partial charge in [-0.25, -0.2) is 0 Å². The van der Waals surface area contributed by atoms with Gasteiger partial charge in [-0.05, 0) is 42.5 Å². The van der Waals surface area contributed by atoms with Crippen LogP contribution in [0, 0.1) is 5.41 Å². The minimum absolute atomic E-state index is 0.0875. The largest absolute Gasteiger partial charge is 0.342 e. The third-order valence-corrected chi connectivity index (χ3v) is 5.97. The molecule has 1 aliphatic carbocycles. The number of carbonyl (C=O) groups is 1. The molecule has 1 aromatic rings. The molecule has 0 saturated carbocycles. The number of dihydropyridines is 1. The number of hydrogen-bond donors (Lipinski definition) is 1. The third-order valence-electron chi connectivity index (χ3n) is 5.40. The van der Waals surface area contributed by atoms with Gasteiger partial charge in [0, 0.05) is 33.3 Å². The molecule has 3 aliphatic rings. The Hall–Kier alpha value is -1.65. The van der Waals surface area contributed by atoms with Gasteiger partial charge in [0.15, 0.2) is 11.6 Å². The summed E-state index contributed by atoms with van der Waals surface area (Å²) in [4.78, 5) is 13.2. The van der Waals surface area contributed by atoms with Crippen molar-refractivity contribution in [3.05, 3.63) is 56.5 Å². The van der Waals surface area contributed by atoms with Crippen LogP contribution >= 0.6 is 23.2 Å².